The topological polar surface area (TPSA) is 38.3 Å². The van der Waals surface area contributed by atoms with Crippen LogP contribution in [0.25, 0.3) is 0 Å². The molecule has 3 nitrogen and oxygen atoms in total. The Balaban J connectivity index is 2.27. The summed E-state index contributed by atoms with van der Waals surface area (Å²) in [5, 5.41) is 2.84. The molecule has 1 aliphatic rings. The third kappa shape index (κ3) is 4.39. The molecule has 1 N–H and O–H groups in total. The SMILES string of the molecule is CC(C)C1CC(CNC(=O)CCl)CCO1. The number of ether oxygens (including phenoxy) is 1. The fraction of sp³-hybridized carbons (Fsp3) is 0.909. The van der Waals surface area contributed by atoms with E-state index in [9.17, 15) is 4.79 Å². The molecule has 1 heterocycles. The second-order valence-corrected chi connectivity index (χ2v) is 4.75. The smallest absolute Gasteiger partial charge is 0.234 e. The normalized spacial score (nSPS) is 26.7. The molecule has 0 bridgehead atoms. The third-order valence-electron chi connectivity index (χ3n) is 2.88. The maximum absolute atomic E-state index is 11.0. The monoisotopic (exact) mass is 233 g/mol. The summed E-state index contributed by atoms with van der Waals surface area (Å²) in [7, 11) is 0. The summed E-state index contributed by atoms with van der Waals surface area (Å²) in [5.41, 5.74) is 0. The highest BCUT2D eigenvalue weighted by Crippen LogP contribution is 2.24. The molecule has 2 atom stereocenters. The molecule has 15 heavy (non-hydrogen) atoms. The molecule has 1 aliphatic heterocycles. The van der Waals surface area contributed by atoms with Crippen LogP contribution in [0.4, 0.5) is 0 Å². The summed E-state index contributed by atoms with van der Waals surface area (Å²) in [4.78, 5) is 11.0. The zero-order valence-electron chi connectivity index (χ0n) is 9.46. The van der Waals surface area contributed by atoms with Gasteiger partial charge in [-0.3, -0.25) is 4.79 Å². The number of hydrogen-bond donors (Lipinski definition) is 1. The predicted molar refractivity (Wildman–Crippen MR) is 61.0 cm³/mol. The summed E-state index contributed by atoms with van der Waals surface area (Å²) in [6.45, 7) is 5.89. The second kappa shape index (κ2) is 6.33. The van der Waals surface area contributed by atoms with E-state index < -0.39 is 0 Å². The van der Waals surface area contributed by atoms with Gasteiger partial charge < -0.3 is 10.1 Å². The molecule has 4 heteroatoms. The van der Waals surface area contributed by atoms with E-state index in [4.69, 9.17) is 16.3 Å². The van der Waals surface area contributed by atoms with Crippen LogP contribution in [0.1, 0.15) is 26.7 Å². The highest BCUT2D eigenvalue weighted by molar-refractivity contribution is 6.27. The molecular weight excluding hydrogens is 214 g/mol. The first-order valence-corrected chi connectivity index (χ1v) is 6.11. The predicted octanol–water partition coefficient (Wildman–Crippen LogP) is 1.79. The summed E-state index contributed by atoms with van der Waals surface area (Å²) < 4.78 is 5.66. The lowest BCUT2D eigenvalue weighted by Crippen LogP contribution is -2.37. The molecule has 0 spiro atoms. The van der Waals surface area contributed by atoms with Crippen molar-refractivity contribution in [3.05, 3.63) is 0 Å². The quantitative estimate of drug-likeness (QED) is 0.752. The fourth-order valence-electron chi connectivity index (χ4n) is 1.86. The first-order chi connectivity index (χ1) is 7.13. The molecular formula is C11H20ClNO2. The molecule has 0 aromatic rings. The van der Waals surface area contributed by atoms with Crippen molar-refractivity contribution in [2.75, 3.05) is 19.0 Å². The van der Waals surface area contributed by atoms with Crippen LogP contribution in [0.15, 0.2) is 0 Å². The molecule has 0 aliphatic carbocycles. The number of alkyl halides is 1. The zero-order chi connectivity index (χ0) is 11.3. The average molecular weight is 234 g/mol. The van der Waals surface area contributed by atoms with Gasteiger partial charge in [-0.2, -0.15) is 0 Å². The molecule has 1 amide bonds. The van der Waals surface area contributed by atoms with Crippen LogP contribution in [0.3, 0.4) is 0 Å². The molecule has 2 unspecified atom stereocenters. The number of halogens is 1. The van der Waals surface area contributed by atoms with Gasteiger partial charge in [-0.1, -0.05) is 13.8 Å². The Hall–Kier alpha value is -0.280. The Morgan fingerprint density at radius 2 is 2.33 bits per heavy atom. The van der Waals surface area contributed by atoms with E-state index in [1.807, 2.05) is 0 Å². The first-order valence-electron chi connectivity index (χ1n) is 5.57. The molecule has 0 aromatic carbocycles. The average Bonchev–Trinajstić information content (AvgIpc) is 2.26. The highest BCUT2D eigenvalue weighted by Gasteiger charge is 2.24. The molecule has 1 saturated heterocycles. The van der Waals surface area contributed by atoms with Gasteiger partial charge >= 0.3 is 0 Å². The maximum Gasteiger partial charge on any atom is 0.234 e. The fourth-order valence-corrected chi connectivity index (χ4v) is 1.95. The van der Waals surface area contributed by atoms with E-state index >= 15 is 0 Å². The standard InChI is InChI=1S/C11H20ClNO2/c1-8(2)10-5-9(3-4-15-10)7-13-11(14)6-12/h8-10H,3-7H2,1-2H3,(H,13,14). The molecule has 1 rings (SSSR count). The van der Waals surface area contributed by atoms with Gasteiger partial charge in [0.1, 0.15) is 5.88 Å². The Morgan fingerprint density at radius 1 is 1.60 bits per heavy atom. The number of carbonyl (C=O) groups excluding carboxylic acids is 1. The molecule has 88 valence electrons. The van der Waals surface area contributed by atoms with Gasteiger partial charge in [-0.25, -0.2) is 0 Å². The van der Waals surface area contributed by atoms with Crippen LogP contribution in [0, 0.1) is 11.8 Å². The second-order valence-electron chi connectivity index (χ2n) is 4.48. The van der Waals surface area contributed by atoms with Gasteiger partial charge in [-0.05, 0) is 24.7 Å². The lowest BCUT2D eigenvalue weighted by Gasteiger charge is -2.31. The van der Waals surface area contributed by atoms with E-state index in [0.717, 1.165) is 26.0 Å². The summed E-state index contributed by atoms with van der Waals surface area (Å²) in [6, 6.07) is 0. The van der Waals surface area contributed by atoms with Gasteiger partial charge in [0.15, 0.2) is 0 Å². The minimum Gasteiger partial charge on any atom is -0.378 e. The first kappa shape index (κ1) is 12.8. The van der Waals surface area contributed by atoms with Crippen LogP contribution >= 0.6 is 11.6 Å². The number of carbonyl (C=O) groups is 1. The van der Waals surface area contributed by atoms with E-state index in [2.05, 4.69) is 19.2 Å². The minimum atomic E-state index is -0.0794. The lowest BCUT2D eigenvalue weighted by molar-refractivity contribution is -0.119. The van der Waals surface area contributed by atoms with Crippen molar-refractivity contribution < 1.29 is 9.53 Å². The highest BCUT2D eigenvalue weighted by atomic mass is 35.5. The molecule has 0 saturated carbocycles. The summed E-state index contributed by atoms with van der Waals surface area (Å²) in [6.07, 6.45) is 2.42. The van der Waals surface area contributed by atoms with E-state index in [0.29, 0.717) is 17.9 Å². The van der Waals surface area contributed by atoms with Crippen molar-refractivity contribution in [1.82, 2.24) is 5.32 Å². The Kier molecular flexibility index (Phi) is 5.40. The van der Waals surface area contributed by atoms with Crippen LogP contribution in [-0.2, 0) is 9.53 Å². The number of hydrogen-bond acceptors (Lipinski definition) is 2. The van der Waals surface area contributed by atoms with Gasteiger partial charge in [0.05, 0.1) is 6.10 Å². The van der Waals surface area contributed by atoms with Crippen molar-refractivity contribution >= 4 is 17.5 Å². The molecule has 0 aromatic heterocycles. The summed E-state index contributed by atoms with van der Waals surface area (Å²) >= 11 is 5.41. The van der Waals surface area contributed by atoms with E-state index in [-0.39, 0.29) is 11.8 Å². The van der Waals surface area contributed by atoms with Gasteiger partial charge in [0.2, 0.25) is 5.91 Å². The van der Waals surface area contributed by atoms with Crippen LogP contribution in [0.5, 0.6) is 0 Å². The Labute approximate surface area is 96.5 Å². The lowest BCUT2D eigenvalue weighted by atomic mass is 9.90. The van der Waals surface area contributed by atoms with Crippen molar-refractivity contribution in [2.45, 2.75) is 32.8 Å². The Morgan fingerprint density at radius 3 is 2.93 bits per heavy atom. The number of amides is 1. The van der Waals surface area contributed by atoms with Crippen molar-refractivity contribution in [2.24, 2.45) is 11.8 Å². The Bertz CT molecular complexity index is 209. The van der Waals surface area contributed by atoms with E-state index in [1.54, 1.807) is 0 Å². The molecule has 0 radical (unpaired) electrons. The van der Waals surface area contributed by atoms with Gasteiger partial charge in [-0.15, -0.1) is 11.6 Å². The summed E-state index contributed by atoms with van der Waals surface area (Å²) in [5.74, 6) is 1.07. The van der Waals surface area contributed by atoms with Crippen molar-refractivity contribution in [1.29, 1.82) is 0 Å². The van der Waals surface area contributed by atoms with Crippen molar-refractivity contribution in [3.8, 4) is 0 Å². The van der Waals surface area contributed by atoms with Crippen LogP contribution in [-0.4, -0.2) is 31.0 Å². The zero-order valence-corrected chi connectivity index (χ0v) is 10.2. The van der Waals surface area contributed by atoms with E-state index in [1.165, 1.54) is 0 Å². The maximum atomic E-state index is 11.0. The van der Waals surface area contributed by atoms with Gasteiger partial charge in [0, 0.05) is 13.2 Å². The minimum absolute atomic E-state index is 0.0524. The van der Waals surface area contributed by atoms with Crippen molar-refractivity contribution in [3.63, 3.8) is 0 Å². The van der Waals surface area contributed by atoms with Crippen LogP contribution in [0.2, 0.25) is 0 Å². The third-order valence-corrected chi connectivity index (χ3v) is 3.12. The van der Waals surface area contributed by atoms with Crippen LogP contribution < -0.4 is 5.32 Å². The van der Waals surface area contributed by atoms with Gasteiger partial charge in [0.25, 0.3) is 0 Å². The largest absolute Gasteiger partial charge is 0.378 e. The molecule has 1 fully saturated rings. The number of nitrogens with one attached hydrogen (secondary N) is 1. The number of rotatable bonds is 4.